The van der Waals surface area contributed by atoms with E-state index in [4.69, 9.17) is 11.6 Å². The van der Waals surface area contributed by atoms with Gasteiger partial charge < -0.3 is 14.4 Å². The predicted octanol–water partition coefficient (Wildman–Crippen LogP) is 2.15. The summed E-state index contributed by atoms with van der Waals surface area (Å²) >= 11 is 5.82. The van der Waals surface area contributed by atoms with Crippen molar-refractivity contribution in [3.8, 4) is 0 Å². The first-order valence-corrected chi connectivity index (χ1v) is 10.7. The topological polar surface area (TPSA) is 71.3 Å². The number of carbonyl (C=O) groups excluding carboxylic acids is 1. The zero-order valence-corrected chi connectivity index (χ0v) is 17.0. The summed E-state index contributed by atoms with van der Waals surface area (Å²) in [5.74, 6) is 1.78. The number of halogens is 1. The van der Waals surface area contributed by atoms with E-state index in [2.05, 4.69) is 20.0 Å². The van der Waals surface area contributed by atoms with Crippen LogP contribution in [0.25, 0.3) is 0 Å². The first-order valence-electron chi connectivity index (χ1n) is 10.3. The van der Waals surface area contributed by atoms with Crippen LogP contribution in [0, 0.1) is 11.8 Å². The quantitative estimate of drug-likeness (QED) is 0.754. The zero-order chi connectivity index (χ0) is 20.0. The smallest absolute Gasteiger partial charge is 0.250 e. The van der Waals surface area contributed by atoms with Crippen LogP contribution in [0.3, 0.4) is 0 Å². The molecule has 0 spiro atoms. The third kappa shape index (κ3) is 3.52. The summed E-state index contributed by atoms with van der Waals surface area (Å²) in [6, 6.07) is 9.14. The lowest BCUT2D eigenvalue weighted by atomic mass is 9.82. The zero-order valence-electron chi connectivity index (χ0n) is 16.2. The van der Waals surface area contributed by atoms with E-state index in [0.29, 0.717) is 11.1 Å². The highest BCUT2D eigenvalue weighted by molar-refractivity contribution is 6.29. The van der Waals surface area contributed by atoms with Crippen molar-refractivity contribution in [2.75, 3.05) is 31.1 Å². The highest BCUT2D eigenvalue weighted by atomic mass is 35.5. The number of hydrogen-bond donors (Lipinski definition) is 0. The van der Waals surface area contributed by atoms with Gasteiger partial charge in [-0.25, -0.2) is 0 Å². The highest BCUT2D eigenvalue weighted by Crippen LogP contribution is 2.36. The maximum atomic E-state index is 13.2. The van der Waals surface area contributed by atoms with E-state index in [0.717, 1.165) is 63.5 Å². The van der Waals surface area contributed by atoms with Crippen molar-refractivity contribution >= 4 is 23.3 Å². The van der Waals surface area contributed by atoms with Gasteiger partial charge in [0.25, 0.3) is 5.56 Å². The summed E-state index contributed by atoms with van der Waals surface area (Å²) in [4.78, 5) is 29.7. The van der Waals surface area contributed by atoms with E-state index in [1.165, 1.54) is 0 Å². The van der Waals surface area contributed by atoms with Crippen molar-refractivity contribution in [3.05, 3.63) is 51.5 Å². The van der Waals surface area contributed by atoms with Crippen LogP contribution in [0.2, 0.25) is 5.15 Å². The third-order valence-electron chi connectivity index (χ3n) is 6.58. The van der Waals surface area contributed by atoms with Crippen LogP contribution in [-0.2, 0) is 11.3 Å². The Bertz CT molecular complexity index is 968. The van der Waals surface area contributed by atoms with Gasteiger partial charge in [-0.1, -0.05) is 17.7 Å². The van der Waals surface area contributed by atoms with Crippen LogP contribution in [0.4, 0.5) is 5.82 Å². The highest BCUT2D eigenvalue weighted by Gasteiger charge is 2.38. The normalized spacial score (nSPS) is 24.3. The number of pyridine rings is 1. The predicted molar refractivity (Wildman–Crippen MR) is 110 cm³/mol. The Morgan fingerprint density at radius 2 is 1.86 bits per heavy atom. The largest absolute Gasteiger partial charge is 0.355 e. The number of aromatic nitrogens is 3. The molecule has 0 radical (unpaired) electrons. The molecule has 2 bridgehead atoms. The molecule has 5 heterocycles. The summed E-state index contributed by atoms with van der Waals surface area (Å²) in [6.07, 6.45) is 2.72. The molecule has 0 saturated carbocycles. The van der Waals surface area contributed by atoms with Crippen LogP contribution in [-0.4, -0.2) is 51.8 Å². The minimum Gasteiger partial charge on any atom is -0.355 e. The Kier molecular flexibility index (Phi) is 4.78. The van der Waals surface area contributed by atoms with Crippen molar-refractivity contribution in [2.24, 2.45) is 11.8 Å². The number of amides is 1. The Morgan fingerprint density at radius 3 is 2.62 bits per heavy atom. The molecule has 3 aliphatic rings. The minimum absolute atomic E-state index is 0.0586. The molecule has 152 valence electrons. The first-order chi connectivity index (χ1) is 14.1. The van der Waals surface area contributed by atoms with Gasteiger partial charge in [0, 0.05) is 56.3 Å². The Labute approximate surface area is 174 Å². The van der Waals surface area contributed by atoms with Gasteiger partial charge in [0.1, 0.15) is 0 Å². The third-order valence-corrected chi connectivity index (χ3v) is 6.78. The lowest BCUT2D eigenvalue weighted by molar-refractivity contribution is -0.139. The van der Waals surface area contributed by atoms with Crippen LogP contribution < -0.4 is 10.5 Å². The number of piperidine rings is 2. The SMILES string of the molecule is O=C(C1CCN(c2ccc(Cl)nn2)CC1)N1CC2CC(C1)c1cccc(=O)n1C2. The maximum absolute atomic E-state index is 13.2. The van der Waals surface area contributed by atoms with Gasteiger partial charge in [0.05, 0.1) is 0 Å². The Morgan fingerprint density at radius 1 is 1.03 bits per heavy atom. The number of rotatable bonds is 2. The van der Waals surface area contributed by atoms with Crippen molar-refractivity contribution in [1.29, 1.82) is 0 Å². The molecule has 7 nitrogen and oxygen atoms in total. The molecule has 0 aromatic carbocycles. The first kappa shape index (κ1) is 18.6. The molecular weight excluding hydrogens is 390 g/mol. The number of likely N-dealkylation sites (tertiary alicyclic amines) is 1. The van der Waals surface area contributed by atoms with Crippen molar-refractivity contribution in [3.63, 3.8) is 0 Å². The molecule has 2 saturated heterocycles. The maximum Gasteiger partial charge on any atom is 0.250 e. The second-order valence-electron chi connectivity index (χ2n) is 8.42. The minimum atomic E-state index is 0.0586. The fourth-order valence-electron chi connectivity index (χ4n) is 5.17. The van der Waals surface area contributed by atoms with E-state index in [9.17, 15) is 9.59 Å². The molecule has 5 rings (SSSR count). The van der Waals surface area contributed by atoms with E-state index in [-0.39, 0.29) is 23.3 Å². The van der Waals surface area contributed by atoms with E-state index in [1.54, 1.807) is 12.1 Å². The second-order valence-corrected chi connectivity index (χ2v) is 8.80. The van der Waals surface area contributed by atoms with Crippen LogP contribution in [0.5, 0.6) is 0 Å². The van der Waals surface area contributed by atoms with Gasteiger partial charge in [-0.05, 0) is 43.4 Å². The summed E-state index contributed by atoms with van der Waals surface area (Å²) in [5, 5.41) is 8.45. The van der Waals surface area contributed by atoms with Crippen LogP contribution >= 0.6 is 11.6 Å². The lowest BCUT2D eigenvalue weighted by Crippen LogP contribution is -2.51. The number of nitrogens with zero attached hydrogens (tertiary/aromatic N) is 5. The van der Waals surface area contributed by atoms with Gasteiger partial charge in [-0.3, -0.25) is 9.59 Å². The monoisotopic (exact) mass is 413 g/mol. The van der Waals surface area contributed by atoms with Crippen molar-refractivity contribution in [2.45, 2.75) is 31.7 Å². The van der Waals surface area contributed by atoms with Crippen molar-refractivity contribution < 1.29 is 4.79 Å². The molecule has 2 aromatic heterocycles. The fourth-order valence-corrected chi connectivity index (χ4v) is 5.27. The standard InChI is InChI=1S/C21H24ClN5O2/c22-18-4-5-19(24-23-18)25-8-6-15(7-9-25)21(29)26-11-14-10-16(13-26)17-2-1-3-20(28)27(17)12-14/h1-5,14-16H,6-13H2. The number of carbonyl (C=O) groups is 1. The summed E-state index contributed by atoms with van der Waals surface area (Å²) < 4.78 is 1.91. The molecule has 0 aliphatic carbocycles. The van der Waals surface area contributed by atoms with Gasteiger partial charge in [-0.15, -0.1) is 10.2 Å². The summed E-state index contributed by atoms with van der Waals surface area (Å²) in [5.41, 5.74) is 1.16. The lowest BCUT2D eigenvalue weighted by Gasteiger charge is -2.44. The molecule has 0 N–H and O–H groups in total. The second kappa shape index (κ2) is 7.44. The van der Waals surface area contributed by atoms with Crippen LogP contribution in [0.1, 0.15) is 30.9 Å². The van der Waals surface area contributed by atoms with E-state index < -0.39 is 0 Å². The summed E-state index contributed by atoms with van der Waals surface area (Å²) in [7, 11) is 0. The van der Waals surface area contributed by atoms with Gasteiger partial charge in [0.2, 0.25) is 5.91 Å². The number of anilines is 1. The van der Waals surface area contributed by atoms with Crippen LogP contribution in [0.15, 0.2) is 35.1 Å². The van der Waals surface area contributed by atoms with Gasteiger partial charge in [0.15, 0.2) is 11.0 Å². The van der Waals surface area contributed by atoms with Gasteiger partial charge in [-0.2, -0.15) is 0 Å². The molecule has 8 heteroatoms. The molecule has 2 aromatic rings. The van der Waals surface area contributed by atoms with Gasteiger partial charge >= 0.3 is 0 Å². The fraction of sp³-hybridized carbons (Fsp3) is 0.524. The molecular formula is C21H24ClN5O2. The van der Waals surface area contributed by atoms with E-state index >= 15 is 0 Å². The summed E-state index contributed by atoms with van der Waals surface area (Å²) in [6.45, 7) is 3.81. The molecule has 2 unspecified atom stereocenters. The number of fused-ring (bicyclic) bond motifs is 4. The molecule has 2 fully saturated rings. The Hall–Kier alpha value is -2.41. The van der Waals surface area contributed by atoms with E-state index in [1.807, 2.05) is 22.8 Å². The average molecular weight is 414 g/mol. The Balaban J connectivity index is 1.24. The molecule has 1 amide bonds. The average Bonchev–Trinajstić information content (AvgIpc) is 2.75. The molecule has 29 heavy (non-hydrogen) atoms. The molecule has 3 aliphatic heterocycles. The number of hydrogen-bond acceptors (Lipinski definition) is 5. The molecule has 2 atom stereocenters. The van der Waals surface area contributed by atoms with Crippen molar-refractivity contribution in [1.82, 2.24) is 19.7 Å².